The summed E-state index contributed by atoms with van der Waals surface area (Å²) in [6.07, 6.45) is 3.74. The zero-order chi connectivity index (χ0) is 18.3. The number of carbonyl (C=O) groups excluding carboxylic acids is 1. The smallest absolute Gasteiger partial charge is 0.338 e. The van der Waals surface area contributed by atoms with Crippen LogP contribution in [0.2, 0.25) is 0 Å². The Bertz CT molecular complexity index is 672. The second kappa shape index (κ2) is 8.84. The minimum absolute atomic E-state index is 0.207. The second-order valence-corrected chi connectivity index (χ2v) is 7.74. The molecule has 2 nitrogen and oxygen atoms in total. The summed E-state index contributed by atoms with van der Waals surface area (Å²) in [6.45, 7) is 8.33. The first-order valence-electron chi connectivity index (χ1n) is 9.22. The Hall–Kier alpha value is -2.09. The summed E-state index contributed by atoms with van der Waals surface area (Å²) < 4.78 is 5.85. The maximum absolute atomic E-state index is 12.7. The van der Waals surface area contributed by atoms with Crippen molar-refractivity contribution >= 4 is 5.97 Å². The molecule has 0 saturated carbocycles. The highest BCUT2D eigenvalue weighted by Crippen LogP contribution is 2.23. The molecule has 0 radical (unpaired) electrons. The molecule has 2 aromatic carbocycles. The van der Waals surface area contributed by atoms with Gasteiger partial charge in [-0.1, -0.05) is 62.4 Å². The summed E-state index contributed by atoms with van der Waals surface area (Å²) in [4.78, 5) is 12.7. The van der Waals surface area contributed by atoms with E-state index in [1.165, 1.54) is 5.56 Å². The molecule has 0 saturated heterocycles. The molecular weight excluding hydrogens is 308 g/mol. The van der Waals surface area contributed by atoms with E-state index in [2.05, 4.69) is 38.1 Å². The maximum Gasteiger partial charge on any atom is 0.338 e. The lowest BCUT2D eigenvalue weighted by Gasteiger charge is -2.26. The van der Waals surface area contributed by atoms with E-state index in [-0.39, 0.29) is 5.97 Å². The Morgan fingerprint density at radius 3 is 2.32 bits per heavy atom. The van der Waals surface area contributed by atoms with E-state index in [4.69, 9.17) is 4.74 Å². The first-order chi connectivity index (χ1) is 11.9. The largest absolute Gasteiger partial charge is 0.456 e. The first-order valence-corrected chi connectivity index (χ1v) is 9.22. The Morgan fingerprint density at radius 2 is 1.64 bits per heavy atom. The van der Waals surface area contributed by atoms with Gasteiger partial charge in [0.2, 0.25) is 0 Å². The predicted octanol–water partition coefficient (Wildman–Crippen LogP) is 5.84. The van der Waals surface area contributed by atoms with Crippen molar-refractivity contribution in [2.45, 2.75) is 59.0 Å². The Labute approximate surface area is 152 Å². The molecule has 0 fully saturated rings. The lowest BCUT2D eigenvalue weighted by molar-refractivity contribution is -0.00532. The Balaban J connectivity index is 1.94. The van der Waals surface area contributed by atoms with E-state index in [1.807, 2.05) is 44.2 Å². The van der Waals surface area contributed by atoms with Gasteiger partial charge in [0.15, 0.2) is 0 Å². The van der Waals surface area contributed by atoms with Crippen molar-refractivity contribution in [2.24, 2.45) is 5.92 Å². The van der Waals surface area contributed by atoms with Crippen LogP contribution in [-0.4, -0.2) is 11.6 Å². The molecule has 2 heteroatoms. The van der Waals surface area contributed by atoms with Crippen molar-refractivity contribution < 1.29 is 9.53 Å². The fraction of sp³-hybridized carbons (Fsp3) is 0.435. The number of benzene rings is 2. The second-order valence-electron chi connectivity index (χ2n) is 7.74. The molecule has 0 N–H and O–H groups in total. The molecule has 0 bridgehead atoms. The van der Waals surface area contributed by atoms with Crippen molar-refractivity contribution in [2.75, 3.05) is 0 Å². The fourth-order valence-electron chi connectivity index (χ4n) is 3.06. The van der Waals surface area contributed by atoms with Crippen molar-refractivity contribution in [3.8, 4) is 0 Å². The minimum atomic E-state index is -0.462. The van der Waals surface area contributed by atoms with Gasteiger partial charge in [0.25, 0.3) is 0 Å². The Morgan fingerprint density at radius 1 is 1.00 bits per heavy atom. The average molecular weight is 338 g/mol. The van der Waals surface area contributed by atoms with Crippen molar-refractivity contribution in [3.05, 3.63) is 71.3 Å². The van der Waals surface area contributed by atoms with Crippen molar-refractivity contribution in [3.63, 3.8) is 0 Å². The van der Waals surface area contributed by atoms with Crippen LogP contribution in [0.5, 0.6) is 0 Å². The molecule has 0 heterocycles. The standard InChI is InChI=1S/C23H30O2/c1-18(2)17-20-14-8-9-15-21(20)22(24)25-23(3,4)16-10-13-19-11-6-5-7-12-19/h5-9,11-12,14-15,18H,10,13,16-17H2,1-4H3. The summed E-state index contributed by atoms with van der Waals surface area (Å²) in [7, 11) is 0. The van der Waals surface area contributed by atoms with Gasteiger partial charge in [0.1, 0.15) is 5.60 Å². The van der Waals surface area contributed by atoms with Crippen molar-refractivity contribution in [1.29, 1.82) is 0 Å². The molecule has 0 atom stereocenters. The van der Waals surface area contributed by atoms with Crippen LogP contribution in [0.4, 0.5) is 0 Å². The third-order valence-corrected chi connectivity index (χ3v) is 4.32. The van der Waals surface area contributed by atoms with E-state index in [0.29, 0.717) is 11.5 Å². The van der Waals surface area contributed by atoms with Gasteiger partial charge >= 0.3 is 5.97 Å². The van der Waals surface area contributed by atoms with Crippen LogP contribution in [0, 0.1) is 5.92 Å². The lowest BCUT2D eigenvalue weighted by Crippen LogP contribution is -2.28. The maximum atomic E-state index is 12.7. The highest BCUT2D eigenvalue weighted by Gasteiger charge is 2.24. The summed E-state index contributed by atoms with van der Waals surface area (Å²) in [6, 6.07) is 18.2. The number of aryl methyl sites for hydroxylation is 1. The van der Waals surface area contributed by atoms with E-state index >= 15 is 0 Å². The molecule has 2 rings (SSSR count). The zero-order valence-corrected chi connectivity index (χ0v) is 15.9. The SMILES string of the molecule is CC(C)Cc1ccccc1C(=O)OC(C)(C)CCCc1ccccc1. The number of hydrogen-bond donors (Lipinski definition) is 0. The van der Waals surface area contributed by atoms with Crippen LogP contribution in [0.3, 0.4) is 0 Å². The van der Waals surface area contributed by atoms with Gasteiger partial charge in [-0.15, -0.1) is 0 Å². The fourth-order valence-corrected chi connectivity index (χ4v) is 3.06. The molecule has 0 aliphatic heterocycles. The normalized spacial score (nSPS) is 11.6. The van der Waals surface area contributed by atoms with Crippen LogP contribution in [0.15, 0.2) is 54.6 Å². The molecule has 25 heavy (non-hydrogen) atoms. The quantitative estimate of drug-likeness (QED) is 0.565. The Kier molecular flexibility index (Phi) is 6.81. The lowest BCUT2D eigenvalue weighted by atomic mass is 9.96. The molecule has 0 aromatic heterocycles. The van der Waals surface area contributed by atoms with Gasteiger partial charge < -0.3 is 4.74 Å². The number of hydrogen-bond acceptors (Lipinski definition) is 2. The highest BCUT2D eigenvalue weighted by molar-refractivity contribution is 5.91. The topological polar surface area (TPSA) is 26.3 Å². The molecule has 0 spiro atoms. The molecule has 0 aliphatic carbocycles. The summed E-state index contributed by atoms with van der Waals surface area (Å²) in [5, 5.41) is 0. The molecular formula is C23H30O2. The van der Waals surface area contributed by atoms with Crippen LogP contribution >= 0.6 is 0 Å². The molecule has 0 aliphatic rings. The number of ether oxygens (including phenoxy) is 1. The van der Waals surface area contributed by atoms with E-state index in [9.17, 15) is 4.79 Å². The van der Waals surface area contributed by atoms with Gasteiger partial charge in [-0.05, 0) is 62.6 Å². The number of rotatable bonds is 8. The molecule has 0 unspecified atom stereocenters. The van der Waals surface area contributed by atoms with Gasteiger partial charge in [0.05, 0.1) is 5.56 Å². The monoisotopic (exact) mass is 338 g/mol. The van der Waals surface area contributed by atoms with Crippen LogP contribution in [0.25, 0.3) is 0 Å². The average Bonchev–Trinajstić information content (AvgIpc) is 2.55. The third-order valence-electron chi connectivity index (χ3n) is 4.32. The van der Waals surface area contributed by atoms with Gasteiger partial charge in [-0.2, -0.15) is 0 Å². The first kappa shape index (κ1) is 19.2. The number of esters is 1. The molecule has 134 valence electrons. The minimum Gasteiger partial charge on any atom is -0.456 e. The van der Waals surface area contributed by atoms with Crippen LogP contribution in [-0.2, 0) is 17.6 Å². The summed E-state index contributed by atoms with van der Waals surface area (Å²) in [5.74, 6) is 0.300. The zero-order valence-electron chi connectivity index (χ0n) is 15.9. The van der Waals surface area contributed by atoms with Gasteiger partial charge in [0, 0.05) is 0 Å². The third kappa shape index (κ3) is 6.38. The predicted molar refractivity (Wildman–Crippen MR) is 104 cm³/mol. The molecule has 2 aromatic rings. The highest BCUT2D eigenvalue weighted by atomic mass is 16.6. The van der Waals surface area contributed by atoms with Gasteiger partial charge in [-0.25, -0.2) is 4.79 Å². The summed E-state index contributed by atoms with van der Waals surface area (Å²) >= 11 is 0. The van der Waals surface area contributed by atoms with E-state index < -0.39 is 5.60 Å². The molecule has 0 amide bonds. The van der Waals surface area contributed by atoms with E-state index in [0.717, 1.165) is 31.2 Å². The van der Waals surface area contributed by atoms with Gasteiger partial charge in [-0.3, -0.25) is 0 Å². The van der Waals surface area contributed by atoms with E-state index in [1.54, 1.807) is 0 Å². The van der Waals surface area contributed by atoms with Crippen LogP contribution in [0.1, 0.15) is 62.0 Å². The van der Waals surface area contributed by atoms with Crippen molar-refractivity contribution in [1.82, 2.24) is 0 Å². The number of carbonyl (C=O) groups is 1. The van der Waals surface area contributed by atoms with Crippen LogP contribution < -0.4 is 0 Å². The summed E-state index contributed by atoms with van der Waals surface area (Å²) in [5.41, 5.74) is 2.64.